The highest BCUT2D eigenvalue weighted by atomic mass is 19.1. The molecule has 5 heterocycles. The van der Waals surface area contributed by atoms with E-state index in [4.69, 9.17) is 9.47 Å². The molecule has 1 atom stereocenters. The van der Waals surface area contributed by atoms with Gasteiger partial charge in [0.1, 0.15) is 34.5 Å². The molecule has 1 aliphatic carbocycles. The Morgan fingerprint density at radius 3 is 2.09 bits per heavy atom. The Hall–Kier alpha value is -7.73. The van der Waals surface area contributed by atoms with Crippen molar-refractivity contribution in [1.29, 1.82) is 0 Å². The number of piperazine rings is 1. The van der Waals surface area contributed by atoms with E-state index < -0.39 is 52.7 Å². The maximum Gasteiger partial charge on any atom is 0.262 e. The van der Waals surface area contributed by atoms with Crippen LogP contribution in [0, 0.1) is 17.2 Å². The highest BCUT2D eigenvalue weighted by molar-refractivity contribution is 6.24. The molecule has 3 saturated heterocycles. The number of amides is 7. The molecule has 1 aromatic heterocycles. The quantitative estimate of drug-likeness (QED) is 0.103. The third-order valence-electron chi connectivity index (χ3n) is 13.9. The monoisotopic (exact) mass is 936 g/mol. The number of hydrogen-bond donors (Lipinski definition) is 3. The van der Waals surface area contributed by atoms with Gasteiger partial charge in [-0.25, -0.2) is 4.39 Å². The summed E-state index contributed by atoms with van der Waals surface area (Å²) in [5.41, 5.74) is 2.02. The minimum atomic E-state index is -1.20. The van der Waals surface area contributed by atoms with Crippen LogP contribution in [-0.2, 0) is 19.2 Å². The number of anilines is 3. The van der Waals surface area contributed by atoms with Crippen LogP contribution in [0.3, 0.4) is 0 Å². The lowest BCUT2D eigenvalue weighted by molar-refractivity contribution is -0.136. The maximum atomic E-state index is 14.0. The third-order valence-corrected chi connectivity index (χ3v) is 13.9. The third kappa shape index (κ3) is 8.94. The number of imide groups is 2. The second-order valence-corrected chi connectivity index (χ2v) is 18.2. The number of piperidine rings is 2. The van der Waals surface area contributed by atoms with Crippen molar-refractivity contribution in [3.63, 3.8) is 0 Å². The van der Waals surface area contributed by atoms with Crippen LogP contribution >= 0.6 is 0 Å². The van der Waals surface area contributed by atoms with Crippen LogP contribution in [0.5, 0.6) is 17.2 Å². The highest BCUT2D eigenvalue weighted by Gasteiger charge is 2.56. The van der Waals surface area contributed by atoms with Gasteiger partial charge in [-0.05, 0) is 123 Å². The Labute approximate surface area is 395 Å². The summed E-state index contributed by atoms with van der Waals surface area (Å²) in [6, 6.07) is 21.6. The van der Waals surface area contributed by atoms with Gasteiger partial charge in [0.2, 0.25) is 23.6 Å². The molecular weight excluding hydrogens is 888 g/mol. The minimum absolute atomic E-state index is 0.0668. The number of likely N-dealkylation sites (tertiary alicyclic amines) is 1. The van der Waals surface area contributed by atoms with Gasteiger partial charge in [-0.1, -0.05) is 0 Å². The number of benzene rings is 4. The molecule has 1 saturated carbocycles. The Kier molecular flexibility index (Phi) is 12.0. The number of ether oxygens (including phenoxy) is 2. The molecule has 5 aliphatic rings. The molecule has 0 bridgehead atoms. The highest BCUT2D eigenvalue weighted by Crippen LogP contribution is 2.48. The first-order chi connectivity index (χ1) is 33.4. The van der Waals surface area contributed by atoms with Gasteiger partial charge >= 0.3 is 0 Å². The van der Waals surface area contributed by atoms with E-state index in [1.807, 2.05) is 11.0 Å². The summed E-state index contributed by atoms with van der Waals surface area (Å²) in [6.07, 6.45) is 4.27. The van der Waals surface area contributed by atoms with Gasteiger partial charge in [0.25, 0.3) is 17.7 Å². The summed E-state index contributed by atoms with van der Waals surface area (Å²) >= 11 is 0. The largest absolute Gasteiger partial charge is 0.496 e. The molecule has 17 nitrogen and oxygen atoms in total. The molecule has 69 heavy (non-hydrogen) atoms. The molecule has 354 valence electrons. The molecule has 18 heteroatoms. The van der Waals surface area contributed by atoms with Crippen LogP contribution < -0.4 is 30.3 Å². The number of nitrogens with one attached hydrogen (secondary N) is 3. The molecule has 4 fully saturated rings. The van der Waals surface area contributed by atoms with E-state index in [9.17, 15) is 38.0 Å². The van der Waals surface area contributed by atoms with Crippen molar-refractivity contribution in [2.75, 3.05) is 68.5 Å². The summed E-state index contributed by atoms with van der Waals surface area (Å²) < 4.78 is 25.3. The predicted octanol–water partition coefficient (Wildman–Crippen LogP) is 5.61. The maximum absolute atomic E-state index is 14.0. The fraction of sp³-hybridized carbons (Fsp3) is 0.333. The molecule has 5 aromatic rings. The lowest BCUT2D eigenvalue weighted by Gasteiger charge is -2.39. The molecule has 0 spiro atoms. The zero-order chi connectivity index (χ0) is 48.0. The average molecular weight is 937 g/mol. The molecule has 1 unspecified atom stereocenters. The van der Waals surface area contributed by atoms with Crippen molar-refractivity contribution < 1.29 is 47.4 Å². The SMILES string of the molecule is COc1cc2c(Oc3ccc(NC(=O)C4(C(=O)Nc5ccc(F)cc5)CC4)cc3)ccnc2cc1C(=O)N1CCC(CN2CCN(c3ccc4c(c3)C(=O)N(C3CCC(=O)NC3=O)C4=O)CC2)CC1. The fourth-order valence-electron chi connectivity index (χ4n) is 9.72. The predicted molar refractivity (Wildman–Crippen MR) is 251 cm³/mol. The summed E-state index contributed by atoms with van der Waals surface area (Å²) in [4.78, 5) is 103. The van der Waals surface area contributed by atoms with Gasteiger partial charge < -0.3 is 29.9 Å². The first kappa shape index (κ1) is 45.1. The Bertz CT molecular complexity index is 2910. The van der Waals surface area contributed by atoms with E-state index >= 15 is 0 Å². The summed E-state index contributed by atoms with van der Waals surface area (Å²) in [7, 11) is 1.52. The van der Waals surface area contributed by atoms with Crippen molar-refractivity contribution >= 4 is 69.3 Å². The van der Waals surface area contributed by atoms with Crippen LogP contribution in [0.4, 0.5) is 21.5 Å². The zero-order valence-electron chi connectivity index (χ0n) is 37.8. The van der Waals surface area contributed by atoms with Crippen LogP contribution in [-0.4, -0.2) is 120 Å². The van der Waals surface area contributed by atoms with Gasteiger partial charge in [-0.2, -0.15) is 0 Å². The molecule has 4 aromatic carbocycles. The summed E-state index contributed by atoms with van der Waals surface area (Å²) in [6.45, 7) is 5.18. The number of fused-ring (bicyclic) bond motifs is 2. The summed E-state index contributed by atoms with van der Waals surface area (Å²) in [5.74, 6) is -1.74. The van der Waals surface area contributed by atoms with Crippen molar-refractivity contribution in [2.24, 2.45) is 11.3 Å². The molecular formula is C51H49FN8O9. The molecule has 10 rings (SSSR count). The first-order valence-corrected chi connectivity index (χ1v) is 23.1. The van der Waals surface area contributed by atoms with Crippen molar-refractivity contribution in [2.45, 2.75) is 44.6 Å². The summed E-state index contributed by atoms with van der Waals surface area (Å²) in [5, 5.41) is 8.41. The number of carbonyl (C=O) groups is 7. The zero-order valence-corrected chi connectivity index (χ0v) is 37.8. The van der Waals surface area contributed by atoms with Crippen LogP contribution in [0.1, 0.15) is 69.6 Å². The Morgan fingerprint density at radius 1 is 0.768 bits per heavy atom. The average Bonchev–Trinajstić information content (AvgIpc) is 4.14. The van der Waals surface area contributed by atoms with Crippen molar-refractivity contribution in [3.05, 3.63) is 114 Å². The smallest absolute Gasteiger partial charge is 0.262 e. The van der Waals surface area contributed by atoms with Crippen LogP contribution in [0.2, 0.25) is 0 Å². The van der Waals surface area contributed by atoms with Gasteiger partial charge in [-0.15, -0.1) is 0 Å². The number of hydrogen-bond acceptors (Lipinski definition) is 12. The van der Waals surface area contributed by atoms with E-state index in [-0.39, 0.29) is 29.9 Å². The molecule has 3 N–H and O–H groups in total. The number of methoxy groups -OCH3 is 1. The number of nitrogens with zero attached hydrogens (tertiary/aromatic N) is 5. The lowest BCUT2D eigenvalue weighted by Crippen LogP contribution is -2.54. The van der Waals surface area contributed by atoms with E-state index in [2.05, 4.69) is 30.7 Å². The van der Waals surface area contributed by atoms with Gasteiger partial charge in [-0.3, -0.25) is 53.7 Å². The second kappa shape index (κ2) is 18.4. The van der Waals surface area contributed by atoms with Crippen LogP contribution in [0.15, 0.2) is 91.1 Å². The Balaban J connectivity index is 0.711. The number of pyridine rings is 1. The molecule has 4 aliphatic heterocycles. The van der Waals surface area contributed by atoms with Crippen molar-refractivity contribution in [1.82, 2.24) is 25.0 Å². The number of carbonyl (C=O) groups excluding carboxylic acids is 7. The normalized spacial score (nSPS) is 19.3. The number of rotatable bonds is 12. The topological polar surface area (TPSA) is 200 Å². The lowest BCUT2D eigenvalue weighted by atomic mass is 9.95. The number of aromatic nitrogens is 1. The van der Waals surface area contributed by atoms with Crippen LogP contribution in [0.25, 0.3) is 10.9 Å². The standard InChI is InChI=1S/C51H49FN8O9/c1-68-43-28-38-40(53-19-14-42(38)69-35-9-6-33(7-10-35)55-50(67)51(17-18-51)49(66)54-32-4-2-31(52)3-5-32)27-39(43)46(63)59-20-15-30(16-21-59)29-57-22-24-58(25-23-57)34-8-11-36-37(26-34)48(65)60(47(36)64)41-12-13-44(61)56-45(41)62/h2-11,14,19,26-28,30,41H,12-13,15-18,20-25,29H2,1H3,(H,54,66)(H,55,67)(H,56,61,62). The van der Waals surface area contributed by atoms with Gasteiger partial charge in [0, 0.05) is 80.9 Å². The van der Waals surface area contributed by atoms with E-state index in [1.54, 1.807) is 60.8 Å². The van der Waals surface area contributed by atoms with Gasteiger partial charge in [0.05, 0.1) is 29.3 Å². The van der Waals surface area contributed by atoms with Gasteiger partial charge in [0.15, 0.2) is 0 Å². The van der Waals surface area contributed by atoms with Crippen molar-refractivity contribution in [3.8, 4) is 17.2 Å². The van der Waals surface area contributed by atoms with E-state index in [0.29, 0.717) is 76.9 Å². The Morgan fingerprint density at radius 2 is 1.43 bits per heavy atom. The van der Waals surface area contributed by atoms with E-state index in [1.165, 1.54) is 31.4 Å². The molecule has 0 radical (unpaired) electrons. The first-order valence-electron chi connectivity index (χ1n) is 23.1. The number of halogens is 1. The minimum Gasteiger partial charge on any atom is -0.496 e. The fourth-order valence-corrected chi connectivity index (χ4v) is 9.72. The molecule has 7 amide bonds. The van der Waals surface area contributed by atoms with E-state index in [0.717, 1.165) is 56.2 Å². The second-order valence-electron chi connectivity index (χ2n) is 18.2.